The van der Waals surface area contributed by atoms with Crippen LogP contribution in [-0.4, -0.2) is 99.9 Å². The van der Waals surface area contributed by atoms with Gasteiger partial charge >= 0.3 is 23.9 Å². The van der Waals surface area contributed by atoms with Gasteiger partial charge in [-0.2, -0.15) is 0 Å². The van der Waals surface area contributed by atoms with Gasteiger partial charge in [0, 0.05) is 53.4 Å². The number of ketones is 4. The summed E-state index contributed by atoms with van der Waals surface area (Å²) in [5.41, 5.74) is 10.9. The van der Waals surface area contributed by atoms with Crippen molar-refractivity contribution >= 4 is 47.0 Å². The molecule has 16 nitrogen and oxygen atoms in total. The Morgan fingerprint density at radius 3 is 0.614 bits per heavy atom. The van der Waals surface area contributed by atoms with Crippen LogP contribution in [0.15, 0.2) is 48.5 Å². The summed E-state index contributed by atoms with van der Waals surface area (Å²) in [6.07, 6.45) is 20.7. The van der Waals surface area contributed by atoms with E-state index in [4.69, 9.17) is 37.9 Å². The molecule has 0 aromatic heterocycles. The number of hydrogen-bond acceptors (Lipinski definition) is 16. The maximum Gasteiger partial charge on any atom is 0.374 e. The average Bonchev–Trinajstić information content (AvgIpc) is 1.40. The van der Waals surface area contributed by atoms with E-state index in [1.807, 2.05) is 0 Å². The third-order valence-corrected chi connectivity index (χ3v) is 15.4. The molecule has 0 unspecified atom stereocenters. The van der Waals surface area contributed by atoms with Gasteiger partial charge in [0.2, 0.25) is 23.1 Å². The summed E-state index contributed by atoms with van der Waals surface area (Å²) in [6, 6.07) is 17.4. The van der Waals surface area contributed by atoms with E-state index in [1.165, 1.54) is 0 Å². The minimum Gasteiger partial charge on any atom is -0.489 e. The molecule has 0 N–H and O–H groups in total. The monoisotopic (exact) mass is 1220 g/mol. The zero-order chi connectivity index (χ0) is 63.8. The zero-order valence-electron chi connectivity index (χ0n) is 53.8. The van der Waals surface area contributed by atoms with Crippen molar-refractivity contribution in [3.63, 3.8) is 0 Å². The Labute approximate surface area is 521 Å². The second kappa shape index (κ2) is 38.8. The minimum atomic E-state index is -0.968. The molecule has 1 aliphatic carbocycles. The van der Waals surface area contributed by atoms with Gasteiger partial charge in [0.1, 0.15) is 75.9 Å². The highest BCUT2D eigenvalue weighted by Gasteiger charge is 2.26. The lowest BCUT2D eigenvalue weighted by Crippen LogP contribution is -2.19. The van der Waals surface area contributed by atoms with Gasteiger partial charge in [-0.3, -0.25) is 19.2 Å². The number of carbonyl (C=O) groups is 8. The topological polar surface area (TPSA) is 210 Å². The van der Waals surface area contributed by atoms with Crippen molar-refractivity contribution in [3.8, 4) is 23.0 Å². The van der Waals surface area contributed by atoms with Crippen LogP contribution in [0.2, 0.25) is 0 Å². The van der Waals surface area contributed by atoms with Crippen LogP contribution >= 0.6 is 0 Å². The highest BCUT2D eigenvalue weighted by atomic mass is 16.6. The van der Waals surface area contributed by atoms with E-state index in [9.17, 15) is 38.4 Å². The number of rotatable bonds is 40. The lowest BCUT2D eigenvalue weighted by molar-refractivity contribution is -0.153. The maximum atomic E-state index is 12.5. The largest absolute Gasteiger partial charge is 0.489 e. The van der Waals surface area contributed by atoms with Crippen LogP contribution in [0, 0.1) is 0 Å². The molecule has 4 aromatic rings. The van der Waals surface area contributed by atoms with E-state index in [1.54, 1.807) is 0 Å². The summed E-state index contributed by atoms with van der Waals surface area (Å²) in [6.45, 7) is 12.2. The molecule has 480 valence electrons. The standard InChI is InChI=1S/C72H96O16/c1-9-13-17-21-25-53-37-57-45-59-39-54(26-22-18-14-10-2)41-61(66(59)82-30-34-86-70(78)50(6)74)47-63-43-56(28-24-20-16-12-4)44-64(68(63)84-32-36-88-72(80)52(8)76)48-62-42-55(27-23-19-15-11-3)40-60(67(62)83-31-35-87-71(79)51(7)75)46-58(38-53)65(57)81-29-33-85-69(77)49(5)73/h37-44H,9-36,45-48H2,1-8H3. The molecule has 0 aliphatic heterocycles. The number of Topliss-reactive ketones (excluding diaryl/α,β-unsaturated/α-hetero) is 4. The van der Waals surface area contributed by atoms with Crippen LogP contribution in [0.4, 0.5) is 0 Å². The molecular weight excluding hydrogens is 1120 g/mol. The molecule has 0 spiro atoms. The van der Waals surface area contributed by atoms with Crippen molar-refractivity contribution in [2.24, 2.45) is 0 Å². The van der Waals surface area contributed by atoms with Gasteiger partial charge < -0.3 is 37.9 Å². The first-order valence-corrected chi connectivity index (χ1v) is 32.3. The highest BCUT2D eigenvalue weighted by Crippen LogP contribution is 2.42. The lowest BCUT2D eigenvalue weighted by Gasteiger charge is -2.25. The SMILES string of the molecule is CCCCCCc1cc2c(OCCOC(=O)C(C)=O)c(c1)Cc1cc(CCCCCC)cc(c1OCCOC(=O)C(C)=O)Cc1cc(CCCCCC)cc(c1OCCOC(=O)C(C)=O)Cc1cc(CCCCCC)cc(c1OCCOC(=O)C(C)=O)C2. The number of benzene rings is 4. The molecule has 8 bridgehead atoms. The number of esters is 4. The molecule has 1 aliphatic rings. The highest BCUT2D eigenvalue weighted by molar-refractivity contribution is 6.33. The third kappa shape index (κ3) is 24.0. The van der Waals surface area contributed by atoms with Crippen molar-refractivity contribution in [2.75, 3.05) is 52.9 Å². The minimum absolute atomic E-state index is 0.0811. The Hall–Kier alpha value is -7.36. The zero-order valence-corrected chi connectivity index (χ0v) is 53.8. The summed E-state index contributed by atoms with van der Waals surface area (Å²) < 4.78 is 49.0. The van der Waals surface area contributed by atoms with Gasteiger partial charge in [-0.15, -0.1) is 0 Å². The number of hydrogen-bond donors (Lipinski definition) is 0. The Kier molecular flexibility index (Phi) is 31.5. The molecule has 4 aromatic carbocycles. The van der Waals surface area contributed by atoms with Gasteiger partial charge in [-0.25, -0.2) is 19.2 Å². The first-order valence-electron chi connectivity index (χ1n) is 32.3. The molecular formula is C72H96O16. The summed E-state index contributed by atoms with van der Waals surface area (Å²) in [7, 11) is 0. The average molecular weight is 1220 g/mol. The van der Waals surface area contributed by atoms with Gasteiger partial charge in [-0.1, -0.05) is 153 Å². The summed E-state index contributed by atoms with van der Waals surface area (Å²) in [5, 5.41) is 0. The number of aryl methyl sites for hydroxylation is 4. The van der Waals surface area contributed by atoms with E-state index in [0.29, 0.717) is 23.0 Å². The molecule has 0 amide bonds. The van der Waals surface area contributed by atoms with Gasteiger partial charge in [0.05, 0.1) is 0 Å². The summed E-state index contributed by atoms with van der Waals surface area (Å²) >= 11 is 0. The van der Waals surface area contributed by atoms with Crippen LogP contribution < -0.4 is 18.9 Å². The molecule has 0 saturated heterocycles. The normalized spacial score (nSPS) is 11.7. The Balaban J connectivity index is 1.94. The Morgan fingerprint density at radius 2 is 0.455 bits per heavy atom. The van der Waals surface area contributed by atoms with Crippen LogP contribution in [0.3, 0.4) is 0 Å². The number of fused-ring (bicyclic) bond motifs is 8. The smallest absolute Gasteiger partial charge is 0.374 e. The summed E-state index contributed by atoms with van der Waals surface area (Å²) in [4.78, 5) is 98.3. The van der Waals surface area contributed by atoms with Crippen LogP contribution in [0.1, 0.15) is 225 Å². The van der Waals surface area contributed by atoms with Crippen LogP contribution in [0.5, 0.6) is 23.0 Å². The second-order valence-corrected chi connectivity index (χ2v) is 23.1. The third-order valence-electron chi connectivity index (χ3n) is 15.4. The number of carbonyl (C=O) groups excluding carboxylic acids is 8. The van der Waals surface area contributed by atoms with Crippen molar-refractivity contribution in [1.29, 1.82) is 0 Å². The van der Waals surface area contributed by atoms with Crippen LogP contribution in [-0.2, 0) is 109 Å². The van der Waals surface area contributed by atoms with E-state index in [-0.39, 0.29) is 78.5 Å². The summed E-state index contributed by atoms with van der Waals surface area (Å²) in [5.74, 6) is -4.58. The number of ether oxygens (including phenoxy) is 8. The quantitative estimate of drug-likeness (QED) is 0.0154. The van der Waals surface area contributed by atoms with Gasteiger partial charge in [0.25, 0.3) is 0 Å². The van der Waals surface area contributed by atoms with E-state index >= 15 is 0 Å². The Morgan fingerprint density at radius 1 is 0.273 bits per heavy atom. The predicted octanol–water partition coefficient (Wildman–Crippen LogP) is 12.9. The Bertz CT molecular complexity index is 2500. The van der Waals surface area contributed by atoms with Crippen molar-refractivity contribution in [2.45, 2.75) is 209 Å². The van der Waals surface area contributed by atoms with E-state index < -0.39 is 47.0 Å². The molecule has 5 rings (SSSR count). The number of unbranched alkanes of at least 4 members (excludes halogenated alkanes) is 12. The molecule has 0 heterocycles. The van der Waals surface area contributed by atoms with Gasteiger partial charge in [0.15, 0.2) is 0 Å². The van der Waals surface area contributed by atoms with Gasteiger partial charge in [-0.05, 0) is 118 Å². The molecule has 0 atom stereocenters. The second-order valence-electron chi connectivity index (χ2n) is 23.1. The van der Waals surface area contributed by atoms with E-state index in [0.717, 1.165) is 223 Å². The molecule has 16 heteroatoms. The predicted molar refractivity (Wildman–Crippen MR) is 337 cm³/mol. The van der Waals surface area contributed by atoms with Crippen molar-refractivity contribution in [3.05, 3.63) is 115 Å². The fourth-order valence-electron chi connectivity index (χ4n) is 11.0. The van der Waals surface area contributed by atoms with Crippen molar-refractivity contribution in [1.82, 2.24) is 0 Å². The molecule has 0 fully saturated rings. The molecule has 0 saturated carbocycles. The molecule has 0 radical (unpaired) electrons. The first kappa shape index (κ1) is 71.4. The van der Waals surface area contributed by atoms with Crippen LogP contribution in [0.25, 0.3) is 0 Å². The maximum absolute atomic E-state index is 12.5. The first-order chi connectivity index (χ1) is 42.5. The van der Waals surface area contributed by atoms with Crippen molar-refractivity contribution < 1.29 is 76.3 Å². The fourth-order valence-corrected chi connectivity index (χ4v) is 11.0. The fraction of sp³-hybridized carbons (Fsp3) is 0.556. The van der Waals surface area contributed by atoms with E-state index in [2.05, 4.69) is 76.2 Å². The lowest BCUT2D eigenvalue weighted by atomic mass is 9.87. The molecule has 88 heavy (non-hydrogen) atoms.